The average molecular weight is 242 g/mol. The van der Waals surface area contributed by atoms with Crippen molar-refractivity contribution >= 4 is 5.69 Å². The van der Waals surface area contributed by atoms with E-state index in [4.69, 9.17) is 5.73 Å². The zero-order valence-electron chi connectivity index (χ0n) is 9.90. The Balaban J connectivity index is 3.37. The van der Waals surface area contributed by atoms with Gasteiger partial charge in [-0.05, 0) is 5.41 Å². The number of nitro groups is 1. The molecular formula is C11H15FN2O3. The maximum Gasteiger partial charge on any atom is 0.272 e. The van der Waals surface area contributed by atoms with Crippen molar-refractivity contribution in [2.75, 3.05) is 0 Å². The molecule has 17 heavy (non-hydrogen) atoms. The number of rotatable bonds is 2. The minimum atomic E-state index is -1.03. The number of hydrogen-bond acceptors (Lipinski definition) is 4. The van der Waals surface area contributed by atoms with Crippen molar-refractivity contribution in [1.82, 2.24) is 0 Å². The highest BCUT2D eigenvalue weighted by Gasteiger charge is 2.28. The molecule has 1 aromatic carbocycles. The molecular weight excluding hydrogens is 227 g/mol. The number of nitrogens with zero attached hydrogens (tertiary/aromatic N) is 1. The molecule has 1 atom stereocenters. The van der Waals surface area contributed by atoms with Crippen LogP contribution in [-0.2, 0) is 0 Å². The molecule has 0 aliphatic rings. The van der Waals surface area contributed by atoms with Crippen LogP contribution in [0.1, 0.15) is 32.4 Å². The average Bonchev–Trinajstić information content (AvgIpc) is 2.19. The molecule has 6 heteroatoms. The van der Waals surface area contributed by atoms with E-state index in [-0.39, 0.29) is 5.56 Å². The summed E-state index contributed by atoms with van der Waals surface area (Å²) in [4.78, 5) is 9.88. The summed E-state index contributed by atoms with van der Waals surface area (Å²) in [6, 6.07) is 1.08. The number of halogens is 1. The molecule has 0 aliphatic heterocycles. The summed E-state index contributed by atoms with van der Waals surface area (Å²) in [6.07, 6.45) is 0. The van der Waals surface area contributed by atoms with Crippen LogP contribution in [0.25, 0.3) is 0 Å². The first-order valence-corrected chi connectivity index (χ1v) is 5.07. The Bertz CT molecular complexity index is 455. The largest absolute Gasteiger partial charge is 0.505 e. The number of hydrogen-bond donors (Lipinski definition) is 2. The quantitative estimate of drug-likeness (QED) is 0.615. The van der Waals surface area contributed by atoms with Crippen molar-refractivity contribution in [3.8, 4) is 5.75 Å². The lowest BCUT2D eigenvalue weighted by molar-refractivity contribution is -0.385. The van der Waals surface area contributed by atoms with Crippen LogP contribution in [0.5, 0.6) is 5.75 Å². The number of non-ortho nitro benzene ring substituents is 1. The summed E-state index contributed by atoms with van der Waals surface area (Å²) >= 11 is 0. The van der Waals surface area contributed by atoms with Crippen molar-refractivity contribution in [2.24, 2.45) is 11.1 Å². The lowest BCUT2D eigenvalue weighted by Gasteiger charge is -2.27. The summed E-state index contributed by atoms with van der Waals surface area (Å²) in [5.74, 6) is -1.66. The summed E-state index contributed by atoms with van der Waals surface area (Å²) < 4.78 is 13.3. The maximum atomic E-state index is 13.3. The lowest BCUT2D eigenvalue weighted by Crippen LogP contribution is -2.26. The fraction of sp³-hybridized carbons (Fsp3) is 0.455. The van der Waals surface area contributed by atoms with Gasteiger partial charge in [0.1, 0.15) is 0 Å². The van der Waals surface area contributed by atoms with Crippen LogP contribution < -0.4 is 5.73 Å². The Labute approximate surface area is 98.2 Å². The van der Waals surface area contributed by atoms with E-state index in [0.29, 0.717) is 6.07 Å². The standard InChI is InChI=1S/C11H15FN2O3/c1-11(2,3)10(13)7-4-6(14(16)17)5-8(12)9(7)15/h4-5,10,15H,13H2,1-3H3/t10-/m0/s1. The van der Waals surface area contributed by atoms with E-state index in [9.17, 15) is 19.6 Å². The first-order chi connectivity index (χ1) is 7.64. The molecule has 0 fully saturated rings. The highest BCUT2D eigenvalue weighted by molar-refractivity contribution is 5.46. The summed E-state index contributed by atoms with van der Waals surface area (Å²) in [7, 11) is 0. The highest BCUT2D eigenvalue weighted by Crippen LogP contribution is 2.38. The predicted molar refractivity (Wildman–Crippen MR) is 61.1 cm³/mol. The van der Waals surface area contributed by atoms with E-state index in [1.165, 1.54) is 0 Å². The van der Waals surface area contributed by atoms with Crippen molar-refractivity contribution in [3.05, 3.63) is 33.6 Å². The molecule has 0 aliphatic carbocycles. The molecule has 0 heterocycles. The number of nitro benzene ring substituents is 1. The fourth-order valence-electron chi connectivity index (χ4n) is 1.41. The Morgan fingerprint density at radius 3 is 2.41 bits per heavy atom. The van der Waals surface area contributed by atoms with E-state index < -0.39 is 33.6 Å². The molecule has 0 saturated carbocycles. The van der Waals surface area contributed by atoms with Crippen LogP contribution in [-0.4, -0.2) is 10.0 Å². The maximum absolute atomic E-state index is 13.3. The van der Waals surface area contributed by atoms with Gasteiger partial charge in [0.25, 0.3) is 5.69 Å². The minimum Gasteiger partial charge on any atom is -0.505 e. The van der Waals surface area contributed by atoms with Crippen molar-refractivity contribution in [1.29, 1.82) is 0 Å². The Hall–Kier alpha value is -1.69. The van der Waals surface area contributed by atoms with E-state index in [0.717, 1.165) is 6.07 Å². The van der Waals surface area contributed by atoms with Crippen LogP contribution in [0.3, 0.4) is 0 Å². The number of phenols is 1. The van der Waals surface area contributed by atoms with Gasteiger partial charge in [0.15, 0.2) is 11.6 Å². The van der Waals surface area contributed by atoms with Crippen molar-refractivity contribution in [3.63, 3.8) is 0 Å². The van der Waals surface area contributed by atoms with Gasteiger partial charge in [0, 0.05) is 17.7 Å². The first kappa shape index (κ1) is 13.4. The number of nitrogens with two attached hydrogens (primary N) is 1. The molecule has 0 aromatic heterocycles. The van der Waals surface area contributed by atoms with Gasteiger partial charge in [-0.3, -0.25) is 10.1 Å². The Morgan fingerprint density at radius 1 is 1.47 bits per heavy atom. The number of phenolic OH excluding ortho intramolecular Hbond substituents is 1. The lowest BCUT2D eigenvalue weighted by atomic mass is 9.82. The molecule has 5 nitrogen and oxygen atoms in total. The molecule has 1 rings (SSSR count). The van der Waals surface area contributed by atoms with Gasteiger partial charge in [0.05, 0.1) is 11.0 Å². The monoisotopic (exact) mass is 242 g/mol. The van der Waals surface area contributed by atoms with E-state index in [1.54, 1.807) is 20.8 Å². The van der Waals surface area contributed by atoms with Gasteiger partial charge in [-0.15, -0.1) is 0 Å². The molecule has 0 amide bonds. The highest BCUT2D eigenvalue weighted by atomic mass is 19.1. The normalized spacial score (nSPS) is 13.5. The van der Waals surface area contributed by atoms with E-state index >= 15 is 0 Å². The molecule has 0 unspecified atom stereocenters. The van der Waals surface area contributed by atoms with Crippen LogP contribution in [0.2, 0.25) is 0 Å². The van der Waals surface area contributed by atoms with Crippen LogP contribution >= 0.6 is 0 Å². The molecule has 1 aromatic rings. The molecule has 0 saturated heterocycles. The van der Waals surface area contributed by atoms with Crippen LogP contribution in [0.15, 0.2) is 12.1 Å². The van der Waals surface area contributed by atoms with Gasteiger partial charge in [-0.25, -0.2) is 4.39 Å². The molecule has 0 spiro atoms. The predicted octanol–water partition coefficient (Wildman–Crippen LogP) is 2.49. The van der Waals surface area contributed by atoms with Gasteiger partial charge in [-0.2, -0.15) is 0 Å². The van der Waals surface area contributed by atoms with Gasteiger partial charge in [-0.1, -0.05) is 20.8 Å². The topological polar surface area (TPSA) is 89.4 Å². The number of benzene rings is 1. The second-order valence-electron chi connectivity index (χ2n) is 4.97. The summed E-state index contributed by atoms with van der Waals surface area (Å²) in [5, 5.41) is 20.2. The second-order valence-corrected chi connectivity index (χ2v) is 4.97. The van der Waals surface area contributed by atoms with E-state index in [1.807, 2.05) is 0 Å². The fourth-order valence-corrected chi connectivity index (χ4v) is 1.41. The zero-order chi connectivity index (χ0) is 13.4. The van der Waals surface area contributed by atoms with E-state index in [2.05, 4.69) is 0 Å². The zero-order valence-corrected chi connectivity index (χ0v) is 9.90. The first-order valence-electron chi connectivity index (χ1n) is 5.07. The SMILES string of the molecule is CC(C)(C)[C@@H](N)c1cc([N+](=O)[O-])cc(F)c1O. The second kappa shape index (κ2) is 4.29. The third kappa shape index (κ3) is 2.71. The molecule has 94 valence electrons. The third-order valence-corrected chi connectivity index (χ3v) is 2.56. The van der Waals surface area contributed by atoms with Gasteiger partial charge in [0.2, 0.25) is 0 Å². The Kier molecular flexibility index (Phi) is 3.38. The Morgan fingerprint density at radius 2 is 2.00 bits per heavy atom. The van der Waals surface area contributed by atoms with Crippen LogP contribution in [0.4, 0.5) is 10.1 Å². The van der Waals surface area contributed by atoms with Crippen molar-refractivity contribution in [2.45, 2.75) is 26.8 Å². The van der Waals surface area contributed by atoms with Crippen molar-refractivity contribution < 1.29 is 14.4 Å². The van der Waals surface area contributed by atoms with Gasteiger partial charge < -0.3 is 10.8 Å². The molecule has 0 bridgehead atoms. The molecule has 0 radical (unpaired) electrons. The third-order valence-electron chi connectivity index (χ3n) is 2.56. The van der Waals surface area contributed by atoms with Crippen LogP contribution in [0, 0.1) is 21.3 Å². The number of aromatic hydroxyl groups is 1. The summed E-state index contributed by atoms with van der Waals surface area (Å²) in [5.41, 5.74) is 5.04. The minimum absolute atomic E-state index is 0.0456. The van der Waals surface area contributed by atoms with Gasteiger partial charge >= 0.3 is 0 Å². The summed E-state index contributed by atoms with van der Waals surface area (Å²) in [6.45, 7) is 5.40. The molecule has 3 N–H and O–H groups in total. The smallest absolute Gasteiger partial charge is 0.272 e.